The molecule has 0 spiro atoms. The molecule has 2 aliphatic carbocycles. The topological polar surface area (TPSA) is 41.8 Å². The van der Waals surface area contributed by atoms with Gasteiger partial charge in [-0.15, -0.1) is 0 Å². The van der Waals surface area contributed by atoms with Crippen LogP contribution in [0, 0.1) is 5.41 Å². The van der Waals surface area contributed by atoms with Crippen LogP contribution in [0.3, 0.4) is 0 Å². The fraction of sp³-hybridized carbons (Fsp3) is 0.786. The second-order valence-corrected chi connectivity index (χ2v) is 6.23. The standard InChI is InChI=1S/C14H21NO2/c1-13(2)10-4-3-6-14(13,16)7-5-12-9-11(8-10)15-17-12/h4,12,16H,3,5-9H2,1-2H3. The number of rotatable bonds is 0. The van der Waals surface area contributed by atoms with E-state index >= 15 is 0 Å². The van der Waals surface area contributed by atoms with Gasteiger partial charge in [0.15, 0.2) is 0 Å². The van der Waals surface area contributed by atoms with Crippen LogP contribution in [0.1, 0.15) is 52.4 Å². The molecule has 94 valence electrons. The average Bonchev–Trinajstić information content (AvgIpc) is 2.69. The molecule has 0 aromatic rings. The zero-order valence-corrected chi connectivity index (χ0v) is 10.7. The van der Waals surface area contributed by atoms with Crippen LogP contribution >= 0.6 is 0 Å². The van der Waals surface area contributed by atoms with Crippen molar-refractivity contribution >= 4 is 5.71 Å². The van der Waals surface area contributed by atoms with Crippen LogP contribution in [-0.2, 0) is 4.84 Å². The van der Waals surface area contributed by atoms with Crippen molar-refractivity contribution < 1.29 is 9.94 Å². The van der Waals surface area contributed by atoms with Crippen molar-refractivity contribution in [3.63, 3.8) is 0 Å². The van der Waals surface area contributed by atoms with Crippen molar-refractivity contribution in [1.82, 2.24) is 0 Å². The van der Waals surface area contributed by atoms with E-state index in [4.69, 9.17) is 4.84 Å². The van der Waals surface area contributed by atoms with Crippen LogP contribution in [0.5, 0.6) is 0 Å². The fourth-order valence-corrected chi connectivity index (χ4v) is 3.45. The van der Waals surface area contributed by atoms with E-state index in [9.17, 15) is 5.11 Å². The number of oxime groups is 1. The van der Waals surface area contributed by atoms with Gasteiger partial charge in [-0.2, -0.15) is 0 Å². The van der Waals surface area contributed by atoms with Gasteiger partial charge < -0.3 is 9.94 Å². The minimum atomic E-state index is -0.564. The molecule has 1 saturated carbocycles. The van der Waals surface area contributed by atoms with Crippen LogP contribution in [-0.4, -0.2) is 22.5 Å². The molecule has 0 amide bonds. The molecular weight excluding hydrogens is 214 g/mol. The Kier molecular flexibility index (Phi) is 2.37. The van der Waals surface area contributed by atoms with Gasteiger partial charge in [0.25, 0.3) is 0 Å². The van der Waals surface area contributed by atoms with Gasteiger partial charge in [0.2, 0.25) is 0 Å². The lowest BCUT2D eigenvalue weighted by Crippen LogP contribution is -2.48. The molecule has 17 heavy (non-hydrogen) atoms. The van der Waals surface area contributed by atoms with Gasteiger partial charge >= 0.3 is 0 Å². The van der Waals surface area contributed by atoms with Crippen LogP contribution in [0.2, 0.25) is 0 Å². The number of hydrogen-bond donors (Lipinski definition) is 1. The highest BCUT2D eigenvalue weighted by Crippen LogP contribution is 2.50. The van der Waals surface area contributed by atoms with E-state index in [1.54, 1.807) is 0 Å². The first-order valence-electron chi connectivity index (χ1n) is 6.65. The highest BCUT2D eigenvalue weighted by molar-refractivity contribution is 5.87. The Hall–Kier alpha value is -0.830. The van der Waals surface area contributed by atoms with Crippen molar-refractivity contribution in [3.8, 4) is 0 Å². The minimum absolute atomic E-state index is 0.127. The van der Waals surface area contributed by atoms with E-state index in [2.05, 4.69) is 25.1 Å². The van der Waals surface area contributed by atoms with Crippen LogP contribution in [0.4, 0.5) is 0 Å². The van der Waals surface area contributed by atoms with Crippen LogP contribution in [0.15, 0.2) is 16.8 Å². The molecule has 0 aromatic heterocycles. The maximum atomic E-state index is 11.0. The first-order chi connectivity index (χ1) is 8.01. The molecule has 3 nitrogen and oxygen atoms in total. The van der Waals surface area contributed by atoms with Gasteiger partial charge in [-0.3, -0.25) is 0 Å². The highest BCUT2D eigenvalue weighted by Gasteiger charge is 2.48. The van der Waals surface area contributed by atoms with E-state index in [1.807, 2.05) is 0 Å². The Morgan fingerprint density at radius 2 is 2.24 bits per heavy atom. The van der Waals surface area contributed by atoms with Gasteiger partial charge in [-0.05, 0) is 25.7 Å². The van der Waals surface area contributed by atoms with Crippen molar-refractivity contribution in [1.29, 1.82) is 0 Å². The monoisotopic (exact) mass is 235 g/mol. The van der Waals surface area contributed by atoms with Gasteiger partial charge in [-0.1, -0.05) is 30.7 Å². The summed E-state index contributed by atoms with van der Waals surface area (Å²) in [4.78, 5) is 5.42. The fourth-order valence-electron chi connectivity index (χ4n) is 3.45. The van der Waals surface area contributed by atoms with E-state index in [-0.39, 0.29) is 11.5 Å². The SMILES string of the molecule is CC1(C)C2=CCCC1(O)CCC1CC(=NO1)C2. The first-order valence-corrected chi connectivity index (χ1v) is 6.65. The zero-order valence-electron chi connectivity index (χ0n) is 10.7. The maximum absolute atomic E-state index is 11.0. The Morgan fingerprint density at radius 3 is 3.06 bits per heavy atom. The van der Waals surface area contributed by atoms with Gasteiger partial charge in [-0.25, -0.2) is 0 Å². The number of allylic oxidation sites excluding steroid dienone is 1. The predicted molar refractivity (Wildman–Crippen MR) is 66.8 cm³/mol. The number of nitrogens with zero attached hydrogens (tertiary/aromatic N) is 1. The van der Waals surface area contributed by atoms with Crippen LogP contribution < -0.4 is 0 Å². The second kappa shape index (κ2) is 3.58. The number of hydrogen-bond acceptors (Lipinski definition) is 3. The normalized spacial score (nSPS) is 39.4. The summed E-state index contributed by atoms with van der Waals surface area (Å²) in [5, 5.41) is 15.1. The Labute approximate surface area is 103 Å². The Balaban J connectivity index is 2.01. The summed E-state index contributed by atoms with van der Waals surface area (Å²) in [6.07, 6.45) is 7.94. The van der Waals surface area contributed by atoms with E-state index in [0.29, 0.717) is 0 Å². The van der Waals surface area contributed by atoms with Crippen molar-refractivity contribution in [2.24, 2.45) is 10.6 Å². The quantitative estimate of drug-likeness (QED) is 0.656. The zero-order chi connectivity index (χ0) is 12.1. The van der Waals surface area contributed by atoms with Crippen molar-refractivity contribution in [2.75, 3.05) is 0 Å². The second-order valence-electron chi connectivity index (χ2n) is 6.23. The van der Waals surface area contributed by atoms with Crippen molar-refractivity contribution in [3.05, 3.63) is 11.6 Å². The third kappa shape index (κ3) is 1.63. The Morgan fingerprint density at radius 1 is 1.41 bits per heavy atom. The van der Waals surface area contributed by atoms with E-state index in [1.165, 1.54) is 5.57 Å². The number of aliphatic hydroxyl groups is 1. The van der Waals surface area contributed by atoms with Crippen molar-refractivity contribution in [2.45, 2.75) is 64.1 Å². The molecule has 3 heteroatoms. The lowest BCUT2D eigenvalue weighted by molar-refractivity contribution is -0.0771. The predicted octanol–water partition coefficient (Wildman–Crippen LogP) is 2.79. The Bertz CT molecular complexity index is 397. The molecule has 3 aliphatic rings. The van der Waals surface area contributed by atoms with Gasteiger partial charge in [0, 0.05) is 18.3 Å². The molecule has 0 saturated heterocycles. The number of fused-ring (bicyclic) bond motifs is 4. The molecule has 1 N–H and O–H groups in total. The smallest absolute Gasteiger partial charge is 0.133 e. The van der Waals surface area contributed by atoms with Gasteiger partial charge in [0.1, 0.15) is 6.10 Å². The molecule has 1 heterocycles. The van der Waals surface area contributed by atoms with Crippen LogP contribution in [0.25, 0.3) is 0 Å². The maximum Gasteiger partial charge on any atom is 0.133 e. The third-order valence-corrected chi connectivity index (χ3v) is 4.98. The third-order valence-electron chi connectivity index (χ3n) is 4.98. The summed E-state index contributed by atoms with van der Waals surface area (Å²) < 4.78 is 0. The molecule has 1 aliphatic heterocycles. The molecule has 4 bridgehead atoms. The first kappa shape index (κ1) is 11.3. The largest absolute Gasteiger partial charge is 0.392 e. The summed E-state index contributed by atoms with van der Waals surface area (Å²) in [5.74, 6) is 0. The lowest BCUT2D eigenvalue weighted by atomic mass is 9.62. The summed E-state index contributed by atoms with van der Waals surface area (Å²) in [6.45, 7) is 4.36. The lowest BCUT2D eigenvalue weighted by Gasteiger charge is -2.47. The molecule has 3 rings (SSSR count). The molecule has 2 atom stereocenters. The summed E-state index contributed by atoms with van der Waals surface area (Å²) in [6, 6.07) is 0. The summed E-state index contributed by atoms with van der Waals surface area (Å²) >= 11 is 0. The molecule has 0 radical (unpaired) electrons. The summed E-state index contributed by atoms with van der Waals surface area (Å²) in [5.41, 5.74) is 1.81. The molecule has 2 unspecified atom stereocenters. The van der Waals surface area contributed by atoms with Gasteiger partial charge in [0.05, 0.1) is 11.3 Å². The molecular formula is C14H21NO2. The molecule has 0 aromatic carbocycles. The van der Waals surface area contributed by atoms with E-state index in [0.717, 1.165) is 44.2 Å². The molecule has 1 fully saturated rings. The summed E-state index contributed by atoms with van der Waals surface area (Å²) in [7, 11) is 0. The average molecular weight is 235 g/mol. The van der Waals surface area contributed by atoms with E-state index < -0.39 is 5.60 Å². The minimum Gasteiger partial charge on any atom is -0.392 e. The highest BCUT2D eigenvalue weighted by atomic mass is 16.6.